The average Bonchev–Trinajstić information content (AvgIpc) is 2.86. The molecule has 40 heavy (non-hydrogen) atoms. The number of hydrogen-bond acceptors (Lipinski definition) is 11. The summed E-state index contributed by atoms with van der Waals surface area (Å²) in [6.45, 7) is 3.14. The Balaban J connectivity index is 1.96. The minimum atomic E-state index is -2.94. The molecule has 1 aromatic rings. The number of fused-ring (bicyclic) bond motifs is 3. The van der Waals surface area contributed by atoms with Crippen LogP contribution in [0.3, 0.4) is 0 Å². The summed E-state index contributed by atoms with van der Waals surface area (Å²) in [6.07, 6.45) is -2.16. The molecular weight excluding hydrogens is 526 g/mol. The number of ether oxygens (including phenoxy) is 1. The maximum Gasteiger partial charge on any atom is 0.305 e. The van der Waals surface area contributed by atoms with Gasteiger partial charge in [0.25, 0.3) is 5.91 Å². The summed E-state index contributed by atoms with van der Waals surface area (Å²) in [4.78, 5) is 65.1. The molecule has 0 spiro atoms. The summed E-state index contributed by atoms with van der Waals surface area (Å²) in [5.74, 6) is -10.7. The number of ketones is 2. The molecule has 3 aliphatic rings. The SMILES string of the molecule is CCC(=O)O[C@H]1[C@H]2C(=C(O)c3c(ccc(NC(=O)CN(C)C)c3O)[C@@H]2C)C(=O)[C@]2(O)C(O)=C(C(N)=O)C(=O)C[C@H]12. The quantitative estimate of drug-likeness (QED) is 0.160. The molecule has 13 heteroatoms. The molecule has 0 unspecified atom stereocenters. The Labute approximate surface area is 228 Å². The van der Waals surface area contributed by atoms with Crippen LogP contribution in [-0.4, -0.2) is 87.0 Å². The van der Waals surface area contributed by atoms with Gasteiger partial charge in [-0.3, -0.25) is 24.0 Å². The number of esters is 1. The first-order valence-electron chi connectivity index (χ1n) is 12.6. The van der Waals surface area contributed by atoms with Gasteiger partial charge in [-0.15, -0.1) is 0 Å². The molecule has 0 aliphatic heterocycles. The molecule has 1 saturated carbocycles. The lowest BCUT2D eigenvalue weighted by molar-refractivity contribution is -0.178. The van der Waals surface area contributed by atoms with Crippen LogP contribution in [0.25, 0.3) is 5.76 Å². The molecule has 0 bridgehead atoms. The van der Waals surface area contributed by atoms with E-state index in [0.29, 0.717) is 5.56 Å². The number of amides is 2. The number of aliphatic hydroxyl groups is 3. The fraction of sp³-hybridized carbons (Fsp3) is 0.444. The highest BCUT2D eigenvalue weighted by Gasteiger charge is 2.66. The summed E-state index contributed by atoms with van der Waals surface area (Å²) in [5, 5.41) is 47.6. The van der Waals surface area contributed by atoms with Crippen molar-refractivity contribution in [3.8, 4) is 5.75 Å². The number of anilines is 1. The number of Topliss-reactive ketones (excluding diaryl/α,β-unsaturated/α-hetero) is 2. The number of rotatable bonds is 6. The predicted octanol–water partition coefficient (Wildman–Crippen LogP) is 0.417. The van der Waals surface area contributed by atoms with Gasteiger partial charge in [-0.2, -0.15) is 0 Å². The van der Waals surface area contributed by atoms with Gasteiger partial charge in [0.05, 0.1) is 17.8 Å². The molecule has 4 rings (SSSR count). The van der Waals surface area contributed by atoms with Gasteiger partial charge in [0.2, 0.25) is 11.7 Å². The average molecular weight is 558 g/mol. The van der Waals surface area contributed by atoms with Crippen LogP contribution in [-0.2, 0) is 28.7 Å². The largest absolute Gasteiger partial charge is 0.508 e. The van der Waals surface area contributed by atoms with Gasteiger partial charge < -0.3 is 41.1 Å². The maximum atomic E-state index is 13.9. The summed E-state index contributed by atoms with van der Waals surface area (Å²) < 4.78 is 5.64. The number of hydrogen-bond donors (Lipinski definition) is 6. The Morgan fingerprint density at radius 3 is 2.40 bits per heavy atom. The van der Waals surface area contributed by atoms with Crippen molar-refractivity contribution in [1.82, 2.24) is 4.90 Å². The summed E-state index contributed by atoms with van der Waals surface area (Å²) in [6, 6.07) is 2.94. The highest BCUT2D eigenvalue weighted by molar-refractivity contribution is 6.23. The zero-order valence-electron chi connectivity index (χ0n) is 22.3. The van der Waals surface area contributed by atoms with Crippen molar-refractivity contribution in [2.75, 3.05) is 26.0 Å². The minimum Gasteiger partial charge on any atom is -0.508 e. The zero-order valence-corrected chi connectivity index (χ0v) is 22.3. The molecule has 3 aliphatic carbocycles. The van der Waals surface area contributed by atoms with Crippen molar-refractivity contribution in [3.63, 3.8) is 0 Å². The lowest BCUT2D eigenvalue weighted by Crippen LogP contribution is -2.64. The van der Waals surface area contributed by atoms with Crippen LogP contribution in [0.5, 0.6) is 5.75 Å². The highest BCUT2D eigenvalue weighted by Crippen LogP contribution is 2.57. The molecule has 0 aromatic heterocycles. The fourth-order valence-corrected chi connectivity index (χ4v) is 5.93. The number of phenolic OH excluding ortho intramolecular Hbond substituents is 1. The van der Waals surface area contributed by atoms with Gasteiger partial charge in [-0.1, -0.05) is 19.9 Å². The summed E-state index contributed by atoms with van der Waals surface area (Å²) in [7, 11) is 3.34. The van der Waals surface area contributed by atoms with Crippen molar-refractivity contribution in [3.05, 3.63) is 40.2 Å². The number of nitrogens with two attached hydrogens (primary N) is 1. The first-order valence-corrected chi connectivity index (χ1v) is 12.6. The van der Waals surface area contributed by atoms with Crippen molar-refractivity contribution in [2.45, 2.75) is 44.3 Å². The van der Waals surface area contributed by atoms with Crippen molar-refractivity contribution < 1.29 is 49.1 Å². The van der Waals surface area contributed by atoms with Crippen LogP contribution in [0.2, 0.25) is 0 Å². The number of benzene rings is 1. The van der Waals surface area contributed by atoms with Crippen LogP contribution < -0.4 is 11.1 Å². The third-order valence-electron chi connectivity index (χ3n) is 7.76. The third kappa shape index (κ3) is 4.21. The Morgan fingerprint density at radius 1 is 1.18 bits per heavy atom. The number of carbonyl (C=O) groups excluding carboxylic acids is 5. The van der Waals surface area contributed by atoms with E-state index in [9.17, 15) is 44.4 Å². The molecule has 7 N–H and O–H groups in total. The number of phenols is 1. The van der Waals surface area contributed by atoms with E-state index in [-0.39, 0.29) is 24.2 Å². The van der Waals surface area contributed by atoms with Gasteiger partial charge >= 0.3 is 5.97 Å². The van der Waals surface area contributed by atoms with E-state index in [1.807, 2.05) is 0 Å². The van der Waals surface area contributed by atoms with E-state index >= 15 is 0 Å². The Kier molecular flexibility index (Phi) is 7.24. The fourth-order valence-electron chi connectivity index (χ4n) is 5.93. The molecule has 1 aromatic carbocycles. The second-order valence-electron chi connectivity index (χ2n) is 10.5. The van der Waals surface area contributed by atoms with Crippen LogP contribution in [0, 0.1) is 11.8 Å². The van der Waals surface area contributed by atoms with Gasteiger partial charge in [-0.25, -0.2) is 0 Å². The van der Waals surface area contributed by atoms with Gasteiger partial charge in [0.15, 0.2) is 11.4 Å². The zero-order chi connectivity index (χ0) is 29.8. The van der Waals surface area contributed by atoms with E-state index in [1.165, 1.54) is 19.1 Å². The van der Waals surface area contributed by atoms with Crippen molar-refractivity contribution in [1.29, 1.82) is 0 Å². The summed E-state index contributed by atoms with van der Waals surface area (Å²) >= 11 is 0. The molecule has 2 amide bonds. The molecule has 0 radical (unpaired) electrons. The maximum absolute atomic E-state index is 13.9. The molecule has 5 atom stereocenters. The first kappa shape index (κ1) is 28.8. The molecule has 0 heterocycles. The second-order valence-corrected chi connectivity index (χ2v) is 10.5. The Hall–Kier alpha value is -4.23. The topological polar surface area (TPSA) is 217 Å². The molecule has 1 fully saturated rings. The predicted molar refractivity (Wildman–Crippen MR) is 139 cm³/mol. The van der Waals surface area contributed by atoms with Crippen LogP contribution >= 0.6 is 0 Å². The van der Waals surface area contributed by atoms with E-state index in [1.54, 1.807) is 25.9 Å². The number of carbonyl (C=O) groups is 5. The second kappa shape index (κ2) is 10.1. The number of likely N-dealkylation sites (N-methyl/N-ethyl adjacent to an activating group) is 1. The Bertz CT molecular complexity index is 1410. The highest BCUT2D eigenvalue weighted by atomic mass is 16.5. The smallest absolute Gasteiger partial charge is 0.305 e. The van der Waals surface area contributed by atoms with E-state index in [4.69, 9.17) is 10.5 Å². The molecule has 13 nitrogen and oxygen atoms in total. The number of aromatic hydroxyl groups is 1. The van der Waals surface area contributed by atoms with Crippen molar-refractivity contribution >= 4 is 40.8 Å². The van der Waals surface area contributed by atoms with Gasteiger partial charge in [0.1, 0.15) is 28.9 Å². The number of nitrogens with one attached hydrogen (secondary N) is 1. The monoisotopic (exact) mass is 557 g/mol. The number of nitrogens with zero attached hydrogens (tertiary/aromatic N) is 1. The van der Waals surface area contributed by atoms with Gasteiger partial charge in [0, 0.05) is 30.3 Å². The molecular formula is C27H31N3O10. The Morgan fingerprint density at radius 2 is 1.82 bits per heavy atom. The number of aliphatic hydroxyl groups excluding tert-OH is 2. The number of primary amides is 1. The molecule has 214 valence electrons. The lowest BCUT2D eigenvalue weighted by atomic mass is 9.55. The van der Waals surface area contributed by atoms with E-state index in [0.717, 1.165) is 0 Å². The van der Waals surface area contributed by atoms with Gasteiger partial charge in [-0.05, 0) is 31.6 Å². The van der Waals surface area contributed by atoms with E-state index in [2.05, 4.69) is 5.32 Å². The standard InChI is InChI=1S/C27H31N3O10/c1-5-16(33)40-23-12-8-14(31)19(26(28)38)24(36)27(12,39)25(37)20-17(23)10(2)11-6-7-13(21(34)18(11)22(20)35)29-15(32)9-30(3)4/h6-7,10,12,17,23,34-36,39H,5,8-9H2,1-4H3,(H2,28,38)(H,29,32)/t10-,12+,17+,23+,27+/m0/s1. The minimum absolute atomic E-state index is 0.00795. The summed E-state index contributed by atoms with van der Waals surface area (Å²) in [5.41, 5.74) is 0.927. The third-order valence-corrected chi connectivity index (χ3v) is 7.76. The van der Waals surface area contributed by atoms with E-state index < -0.39 is 93.6 Å². The lowest BCUT2D eigenvalue weighted by Gasteiger charge is -2.51. The first-order chi connectivity index (χ1) is 18.7. The normalized spacial score (nSPS) is 27.6. The molecule has 0 saturated heterocycles. The van der Waals surface area contributed by atoms with Crippen LogP contribution in [0.1, 0.15) is 43.7 Å². The van der Waals surface area contributed by atoms with Crippen LogP contribution in [0.15, 0.2) is 29.0 Å². The van der Waals surface area contributed by atoms with Crippen molar-refractivity contribution in [2.24, 2.45) is 17.6 Å². The van der Waals surface area contributed by atoms with Crippen LogP contribution in [0.4, 0.5) is 5.69 Å².